The van der Waals surface area contributed by atoms with Gasteiger partial charge in [-0.25, -0.2) is 0 Å². The van der Waals surface area contributed by atoms with Gasteiger partial charge in [0.2, 0.25) is 0 Å². The molecule has 0 unspecified atom stereocenters. The van der Waals surface area contributed by atoms with E-state index in [0.717, 1.165) is 120 Å². The van der Waals surface area contributed by atoms with Crippen LogP contribution in [0.3, 0.4) is 0 Å². The lowest BCUT2D eigenvalue weighted by Gasteiger charge is -2.27. The van der Waals surface area contributed by atoms with Gasteiger partial charge in [0, 0.05) is 34.1 Å². The number of allylic oxidation sites excluding steroid dienone is 12. The van der Waals surface area contributed by atoms with Gasteiger partial charge in [0.05, 0.1) is 11.4 Å². The molecule has 1 aliphatic rings. The van der Waals surface area contributed by atoms with Crippen molar-refractivity contribution in [1.82, 2.24) is 30.0 Å². The van der Waals surface area contributed by atoms with E-state index in [-0.39, 0.29) is 0 Å². The van der Waals surface area contributed by atoms with E-state index >= 15 is 0 Å². The number of anilines is 5. The van der Waals surface area contributed by atoms with Gasteiger partial charge >= 0.3 is 0 Å². The largest absolute Gasteiger partial charge is 0.310 e. The average Bonchev–Trinajstić information content (AvgIpc) is 4.18. The highest BCUT2D eigenvalue weighted by Crippen LogP contribution is 2.39. The van der Waals surface area contributed by atoms with Crippen molar-refractivity contribution in [3.63, 3.8) is 0 Å². The van der Waals surface area contributed by atoms with Gasteiger partial charge in [-0.3, -0.25) is 0 Å². The molecule has 0 atom stereocenters. The third kappa shape index (κ3) is 10.9. The molecule has 2 heterocycles. The molecule has 0 saturated heterocycles. The zero-order chi connectivity index (χ0) is 53.4. The molecule has 11 rings (SSSR count). The molecule has 8 nitrogen and oxygen atoms in total. The van der Waals surface area contributed by atoms with Crippen LogP contribution in [0, 0.1) is 6.92 Å². The van der Waals surface area contributed by atoms with Gasteiger partial charge in [-0.2, -0.15) is 9.59 Å². The molecule has 0 radical (unpaired) electrons. The molecule has 78 heavy (non-hydrogen) atoms. The molecule has 0 amide bonds. The van der Waals surface area contributed by atoms with Gasteiger partial charge < -0.3 is 9.80 Å². The summed E-state index contributed by atoms with van der Waals surface area (Å²) in [5, 5.41) is 19.6. The molecule has 0 saturated carbocycles. The van der Waals surface area contributed by atoms with E-state index in [9.17, 15) is 0 Å². The Kier molecular flexibility index (Phi) is 14.9. The molecule has 1 aliphatic carbocycles. The van der Waals surface area contributed by atoms with Crippen LogP contribution in [-0.2, 0) is 0 Å². The number of rotatable bonds is 15. The first-order valence-electron chi connectivity index (χ1n) is 27.0. The van der Waals surface area contributed by atoms with Crippen molar-refractivity contribution >= 4 is 62.2 Å². The second-order valence-electron chi connectivity index (χ2n) is 19.4. The van der Waals surface area contributed by atoms with Crippen LogP contribution in [0.1, 0.15) is 63.6 Å². The molecule has 0 spiro atoms. The molecule has 0 fully saturated rings. The van der Waals surface area contributed by atoms with Crippen molar-refractivity contribution in [3.05, 3.63) is 271 Å². The summed E-state index contributed by atoms with van der Waals surface area (Å²) in [6.45, 7) is 10.6. The summed E-state index contributed by atoms with van der Waals surface area (Å²) in [4.78, 5) is 8.10. The number of nitrogens with zero attached hydrogens (tertiary/aromatic N) is 8. The van der Waals surface area contributed by atoms with Gasteiger partial charge in [-0.05, 0) is 211 Å². The summed E-state index contributed by atoms with van der Waals surface area (Å²) < 4.78 is 0. The summed E-state index contributed by atoms with van der Waals surface area (Å²) in [6, 6.07) is 64.4. The Morgan fingerprint density at radius 2 is 1.03 bits per heavy atom. The van der Waals surface area contributed by atoms with Crippen LogP contribution >= 0.6 is 0 Å². The Labute approximate surface area is 458 Å². The molecular weight excluding hydrogens is 953 g/mol. The maximum Gasteiger partial charge on any atom is 0.114 e. The van der Waals surface area contributed by atoms with Gasteiger partial charge in [0.25, 0.3) is 0 Å². The second-order valence-corrected chi connectivity index (χ2v) is 19.4. The van der Waals surface area contributed by atoms with E-state index in [0.29, 0.717) is 0 Å². The molecule has 0 aliphatic heterocycles. The van der Waals surface area contributed by atoms with E-state index in [2.05, 4.69) is 281 Å². The quantitative estimate of drug-likeness (QED) is 0.0953. The van der Waals surface area contributed by atoms with Crippen LogP contribution in [0.5, 0.6) is 0 Å². The van der Waals surface area contributed by atoms with E-state index in [4.69, 9.17) is 20.4 Å². The number of benzene rings is 8. The Hall–Kier alpha value is -9.66. The Morgan fingerprint density at radius 3 is 1.63 bits per heavy atom. The van der Waals surface area contributed by atoms with Crippen LogP contribution in [0.15, 0.2) is 254 Å². The molecule has 382 valence electrons. The molecule has 8 aromatic carbocycles. The van der Waals surface area contributed by atoms with Crippen LogP contribution in [-0.4, -0.2) is 30.0 Å². The molecule has 10 aromatic rings. The fraction of sp³-hybridized carbons (Fsp3) is 0.114. The summed E-state index contributed by atoms with van der Waals surface area (Å²) >= 11 is 0. The molecule has 0 bridgehead atoms. The lowest BCUT2D eigenvalue weighted by Crippen LogP contribution is -2.16. The molecular formula is C70H62N8. The van der Waals surface area contributed by atoms with Crippen LogP contribution in [0.4, 0.5) is 28.4 Å². The zero-order valence-corrected chi connectivity index (χ0v) is 44.9. The normalized spacial score (nSPS) is 15.0. The molecule has 0 N–H and O–H groups in total. The van der Waals surface area contributed by atoms with Crippen molar-refractivity contribution < 1.29 is 0 Å². The first-order chi connectivity index (χ1) is 38.4. The van der Waals surface area contributed by atoms with Crippen molar-refractivity contribution in [2.45, 2.75) is 53.9 Å². The second kappa shape index (κ2) is 23.1. The third-order valence-corrected chi connectivity index (χ3v) is 14.1. The number of hydrogen-bond acceptors (Lipinski definition) is 6. The maximum absolute atomic E-state index is 4.93. The topological polar surface area (TPSA) is 67.9 Å². The number of aromatic nitrogens is 6. The Morgan fingerprint density at radius 1 is 0.500 bits per heavy atom. The van der Waals surface area contributed by atoms with Crippen LogP contribution < -0.4 is 9.80 Å². The highest BCUT2D eigenvalue weighted by atomic mass is 15.5. The van der Waals surface area contributed by atoms with Gasteiger partial charge in [-0.15, -0.1) is 20.4 Å². The van der Waals surface area contributed by atoms with E-state index < -0.39 is 0 Å². The number of aryl methyl sites for hydroxylation is 1. The minimum atomic E-state index is 0.849. The highest BCUT2D eigenvalue weighted by molar-refractivity contribution is 5.85. The fourth-order valence-electron chi connectivity index (χ4n) is 9.87. The third-order valence-electron chi connectivity index (χ3n) is 14.1. The number of hydrogen-bond donors (Lipinski definition) is 0. The summed E-state index contributed by atoms with van der Waals surface area (Å²) in [7, 11) is 0. The summed E-state index contributed by atoms with van der Waals surface area (Å²) in [5.74, 6) is 0. The molecule has 2 aromatic heterocycles. The standard InChI is InChI=1S/C70H62N8/c1-6-10-19-52(9-4)57-29-44-67-69(48-57)73-77(71-67)64-42-38-62(39-43-64)76(66-31-24-50(5)56(47-66)20-11-7-2)60-34-27-55(28-35-60)54-25-32-59(33-26-54)75(65-23-17-12-14-18-51(8-3)46-65)61-36-40-63(41-37-61)78-72-68-45-30-58(49-70(68)74-78)53-21-15-13-16-22-53/h8-11,13-49H,6-7,12H2,1-5H3/b18-14-,19-10-,20-11-,23-17-,51-8+,52-9+,65-46+. The lowest BCUT2D eigenvalue weighted by molar-refractivity contribution is 0.765. The van der Waals surface area contributed by atoms with E-state index in [1.54, 1.807) is 9.59 Å². The molecule has 8 heteroatoms. The zero-order valence-electron chi connectivity index (χ0n) is 44.9. The minimum absolute atomic E-state index is 0.849. The van der Waals surface area contributed by atoms with E-state index in [1.165, 1.54) is 16.7 Å². The fourth-order valence-corrected chi connectivity index (χ4v) is 9.87. The van der Waals surface area contributed by atoms with Crippen LogP contribution in [0.2, 0.25) is 0 Å². The van der Waals surface area contributed by atoms with Gasteiger partial charge in [-0.1, -0.05) is 141 Å². The van der Waals surface area contributed by atoms with Crippen molar-refractivity contribution in [3.8, 4) is 33.6 Å². The van der Waals surface area contributed by atoms with Crippen LogP contribution in [0.25, 0.3) is 67.3 Å². The summed E-state index contributed by atoms with van der Waals surface area (Å²) in [6.07, 6.45) is 27.0. The minimum Gasteiger partial charge on any atom is -0.310 e. The SMILES string of the molecule is C/C=C1\C=C/C\C=C/C(N(c2ccc(-c3ccc(N(c4ccc(-n5nc6ccc(C(/C=C\CC)=C/C)cc6n5)cc4)c4ccc(C)c(/C=C\CC)c4)cc3)cc2)c2ccc(-n3nc4ccc(-c5ccccc5)cc4n3)cc2)=C\1. The predicted octanol–water partition coefficient (Wildman–Crippen LogP) is 18.5. The first kappa shape index (κ1) is 50.5. The smallest absolute Gasteiger partial charge is 0.114 e. The van der Waals surface area contributed by atoms with Gasteiger partial charge in [0.1, 0.15) is 22.1 Å². The lowest BCUT2D eigenvalue weighted by atomic mass is 10.0. The van der Waals surface area contributed by atoms with Crippen molar-refractivity contribution in [2.24, 2.45) is 0 Å². The Balaban J connectivity index is 0.892. The monoisotopic (exact) mass is 1010 g/mol. The predicted molar refractivity (Wildman–Crippen MR) is 327 cm³/mol. The first-order valence-corrected chi connectivity index (χ1v) is 27.0. The van der Waals surface area contributed by atoms with E-state index in [1.807, 2.05) is 12.1 Å². The maximum atomic E-state index is 4.93. The highest BCUT2D eigenvalue weighted by Gasteiger charge is 2.18. The summed E-state index contributed by atoms with van der Waals surface area (Å²) in [5.41, 5.74) is 21.8. The van der Waals surface area contributed by atoms with Crippen molar-refractivity contribution in [1.29, 1.82) is 0 Å². The van der Waals surface area contributed by atoms with Crippen molar-refractivity contribution in [2.75, 3.05) is 9.80 Å². The number of fused-ring (bicyclic) bond motifs is 2. The average molecular weight is 1020 g/mol. The Bertz CT molecular complexity index is 3960. The van der Waals surface area contributed by atoms with Gasteiger partial charge in [0.15, 0.2) is 0 Å².